The van der Waals surface area contributed by atoms with Crippen LogP contribution < -0.4 is 0 Å². The van der Waals surface area contributed by atoms with Crippen molar-refractivity contribution in [2.24, 2.45) is 0 Å². The summed E-state index contributed by atoms with van der Waals surface area (Å²) in [7, 11) is 0. The van der Waals surface area contributed by atoms with E-state index in [1.54, 1.807) is 10.7 Å². The summed E-state index contributed by atoms with van der Waals surface area (Å²) in [5, 5.41) is 5.27. The quantitative estimate of drug-likeness (QED) is 0.711. The average molecular weight is 209 g/mol. The van der Waals surface area contributed by atoms with Gasteiger partial charge in [-0.05, 0) is 13.0 Å². The predicted molar refractivity (Wildman–Crippen MR) is 55.8 cm³/mol. The molecule has 4 heteroatoms. The van der Waals surface area contributed by atoms with E-state index in [9.17, 15) is 4.79 Å². The molecule has 0 unspecified atom stereocenters. The van der Waals surface area contributed by atoms with Crippen molar-refractivity contribution in [3.8, 4) is 0 Å². The van der Waals surface area contributed by atoms with Gasteiger partial charge in [0.25, 0.3) is 0 Å². The fourth-order valence-corrected chi connectivity index (χ4v) is 1.84. The molecule has 0 radical (unpaired) electrons. The topological polar surface area (TPSA) is 34.9 Å². The lowest BCUT2D eigenvalue weighted by Gasteiger charge is -1.97. The molecule has 14 heavy (non-hydrogen) atoms. The number of aromatic nitrogens is 2. The second kappa shape index (κ2) is 3.42. The number of nitrogens with zero attached hydrogens (tertiary/aromatic N) is 2. The smallest absolute Gasteiger partial charge is 0.159 e. The first-order valence-corrected chi connectivity index (χ1v) is 4.76. The van der Waals surface area contributed by atoms with Crippen LogP contribution in [0.2, 0.25) is 5.15 Å². The van der Waals surface area contributed by atoms with Gasteiger partial charge in [-0.2, -0.15) is 5.10 Å². The molecule has 0 spiro atoms. The molecule has 2 aromatic rings. The predicted octanol–water partition coefficient (Wildman–Crippen LogP) is 2.52. The summed E-state index contributed by atoms with van der Waals surface area (Å²) >= 11 is 5.95. The molecule has 1 aromatic heterocycles. The number of fused-ring (bicyclic) bond motifs is 1. The van der Waals surface area contributed by atoms with Gasteiger partial charge in [0, 0.05) is 17.5 Å². The zero-order valence-corrected chi connectivity index (χ0v) is 8.45. The number of hydrogen-bond donors (Lipinski definition) is 0. The summed E-state index contributed by atoms with van der Waals surface area (Å²) in [6.07, 6.45) is 0.801. The maximum Gasteiger partial charge on any atom is 0.159 e. The lowest BCUT2D eigenvalue weighted by Crippen LogP contribution is -1.95. The highest BCUT2D eigenvalue weighted by molar-refractivity contribution is 6.35. The standard InChI is InChI=1S/C10H9ClN2O/c1-2-13-8-5-3-4-7(6-14)9(8)10(11)12-13/h3-6H,2H2,1H3. The Labute approximate surface area is 86.3 Å². The van der Waals surface area contributed by atoms with Gasteiger partial charge >= 0.3 is 0 Å². The SMILES string of the molecule is CCn1nc(Cl)c2c(C=O)cccc21. The van der Waals surface area contributed by atoms with E-state index in [4.69, 9.17) is 11.6 Å². The number of aldehydes is 1. The van der Waals surface area contributed by atoms with Crippen molar-refractivity contribution < 1.29 is 4.79 Å². The molecule has 2 rings (SSSR count). The van der Waals surface area contributed by atoms with Gasteiger partial charge in [-0.25, -0.2) is 0 Å². The van der Waals surface area contributed by atoms with Gasteiger partial charge in [0.1, 0.15) is 0 Å². The third kappa shape index (κ3) is 1.21. The molecule has 0 saturated carbocycles. The normalized spacial score (nSPS) is 10.7. The molecular formula is C10H9ClN2O. The Morgan fingerprint density at radius 2 is 2.36 bits per heavy atom. The maximum absolute atomic E-state index is 10.8. The monoisotopic (exact) mass is 208 g/mol. The molecule has 72 valence electrons. The van der Waals surface area contributed by atoms with Gasteiger partial charge in [-0.3, -0.25) is 9.48 Å². The highest BCUT2D eigenvalue weighted by Crippen LogP contribution is 2.25. The Kier molecular flexibility index (Phi) is 2.25. The molecule has 0 saturated heterocycles. The van der Waals surface area contributed by atoms with E-state index in [0.717, 1.165) is 23.7 Å². The Morgan fingerprint density at radius 3 is 3.00 bits per heavy atom. The molecule has 0 aliphatic carbocycles. The lowest BCUT2D eigenvalue weighted by atomic mass is 10.1. The number of halogens is 1. The number of hydrogen-bond acceptors (Lipinski definition) is 2. The summed E-state index contributed by atoms with van der Waals surface area (Å²) in [6, 6.07) is 5.48. The Balaban J connectivity index is 2.87. The fraction of sp³-hybridized carbons (Fsp3) is 0.200. The summed E-state index contributed by atoms with van der Waals surface area (Å²) < 4.78 is 1.78. The summed E-state index contributed by atoms with van der Waals surface area (Å²) in [6.45, 7) is 2.72. The van der Waals surface area contributed by atoms with Crippen LogP contribution in [-0.2, 0) is 6.54 Å². The van der Waals surface area contributed by atoms with E-state index in [-0.39, 0.29) is 0 Å². The van der Waals surface area contributed by atoms with Crippen LogP contribution in [0.15, 0.2) is 18.2 Å². The van der Waals surface area contributed by atoms with Crippen LogP contribution in [0.1, 0.15) is 17.3 Å². The third-order valence-corrected chi connectivity index (χ3v) is 2.46. The van der Waals surface area contributed by atoms with E-state index in [0.29, 0.717) is 10.7 Å². The number of carbonyl (C=O) groups excluding carboxylic acids is 1. The first kappa shape index (κ1) is 9.21. The maximum atomic E-state index is 10.8. The highest BCUT2D eigenvalue weighted by atomic mass is 35.5. The van der Waals surface area contributed by atoms with Crippen molar-refractivity contribution in [2.75, 3.05) is 0 Å². The minimum atomic E-state index is 0.393. The Hall–Kier alpha value is -1.35. The van der Waals surface area contributed by atoms with Crippen molar-refractivity contribution >= 4 is 28.8 Å². The van der Waals surface area contributed by atoms with Crippen LogP contribution >= 0.6 is 11.6 Å². The van der Waals surface area contributed by atoms with Gasteiger partial charge < -0.3 is 0 Å². The third-order valence-electron chi connectivity index (χ3n) is 2.19. The zero-order chi connectivity index (χ0) is 10.1. The largest absolute Gasteiger partial charge is 0.298 e. The minimum Gasteiger partial charge on any atom is -0.298 e. The van der Waals surface area contributed by atoms with E-state index < -0.39 is 0 Å². The van der Waals surface area contributed by atoms with Crippen LogP contribution in [0.4, 0.5) is 0 Å². The van der Waals surface area contributed by atoms with Crippen molar-refractivity contribution in [1.82, 2.24) is 9.78 Å². The summed E-state index contributed by atoms with van der Waals surface area (Å²) in [4.78, 5) is 10.8. The number of carbonyl (C=O) groups is 1. The first-order chi connectivity index (χ1) is 6.77. The summed E-state index contributed by atoms with van der Waals surface area (Å²) in [5.74, 6) is 0. The fourth-order valence-electron chi connectivity index (χ4n) is 1.55. The highest BCUT2D eigenvalue weighted by Gasteiger charge is 2.10. The molecule has 0 fully saturated rings. The van der Waals surface area contributed by atoms with Crippen LogP contribution in [0, 0.1) is 0 Å². The number of benzene rings is 1. The second-order valence-electron chi connectivity index (χ2n) is 2.97. The van der Waals surface area contributed by atoms with Crippen molar-refractivity contribution in [3.05, 3.63) is 28.9 Å². The molecule has 1 heterocycles. The van der Waals surface area contributed by atoms with E-state index in [1.807, 2.05) is 19.1 Å². The van der Waals surface area contributed by atoms with E-state index >= 15 is 0 Å². The average Bonchev–Trinajstić information content (AvgIpc) is 2.55. The second-order valence-corrected chi connectivity index (χ2v) is 3.32. The molecule has 1 aromatic carbocycles. The van der Waals surface area contributed by atoms with Crippen LogP contribution in [0.3, 0.4) is 0 Å². The molecule has 0 atom stereocenters. The lowest BCUT2D eigenvalue weighted by molar-refractivity contribution is 0.112. The Morgan fingerprint density at radius 1 is 1.57 bits per heavy atom. The molecule has 0 aliphatic heterocycles. The molecule has 0 bridgehead atoms. The van der Waals surface area contributed by atoms with Gasteiger partial charge in [0.15, 0.2) is 11.4 Å². The molecular weight excluding hydrogens is 200 g/mol. The molecule has 0 amide bonds. The van der Waals surface area contributed by atoms with E-state index in [1.165, 1.54) is 0 Å². The summed E-state index contributed by atoms with van der Waals surface area (Å²) in [5.41, 5.74) is 1.49. The van der Waals surface area contributed by atoms with Crippen molar-refractivity contribution in [3.63, 3.8) is 0 Å². The van der Waals surface area contributed by atoms with Crippen molar-refractivity contribution in [2.45, 2.75) is 13.5 Å². The van der Waals surface area contributed by atoms with Crippen LogP contribution in [0.5, 0.6) is 0 Å². The van der Waals surface area contributed by atoms with Crippen molar-refractivity contribution in [1.29, 1.82) is 0 Å². The van der Waals surface area contributed by atoms with Crippen LogP contribution in [-0.4, -0.2) is 16.1 Å². The number of rotatable bonds is 2. The number of aryl methyl sites for hydroxylation is 1. The molecule has 0 N–H and O–H groups in total. The van der Waals surface area contributed by atoms with Gasteiger partial charge in [0.05, 0.1) is 5.52 Å². The first-order valence-electron chi connectivity index (χ1n) is 4.38. The van der Waals surface area contributed by atoms with Gasteiger partial charge in [0.2, 0.25) is 0 Å². The van der Waals surface area contributed by atoms with Gasteiger partial charge in [-0.1, -0.05) is 23.7 Å². The van der Waals surface area contributed by atoms with E-state index in [2.05, 4.69) is 5.10 Å². The Bertz CT molecular complexity index is 490. The molecule has 0 aliphatic rings. The van der Waals surface area contributed by atoms with Gasteiger partial charge in [-0.15, -0.1) is 0 Å². The molecule has 3 nitrogen and oxygen atoms in total. The van der Waals surface area contributed by atoms with Crippen LogP contribution in [0.25, 0.3) is 10.9 Å². The minimum absolute atomic E-state index is 0.393. The zero-order valence-electron chi connectivity index (χ0n) is 7.70.